The van der Waals surface area contributed by atoms with Gasteiger partial charge in [-0.3, -0.25) is 4.79 Å². The zero-order valence-corrected chi connectivity index (χ0v) is 13.1. The van der Waals surface area contributed by atoms with Gasteiger partial charge in [-0.2, -0.15) is 0 Å². The molecule has 0 radical (unpaired) electrons. The highest BCUT2D eigenvalue weighted by Crippen LogP contribution is 2.24. The molecule has 21 heavy (non-hydrogen) atoms. The summed E-state index contributed by atoms with van der Waals surface area (Å²) in [5.41, 5.74) is -0.502. The molecule has 1 aliphatic heterocycles. The number of piperidine rings is 1. The molecule has 6 nitrogen and oxygen atoms in total. The van der Waals surface area contributed by atoms with Gasteiger partial charge in [-0.05, 0) is 52.4 Å². The van der Waals surface area contributed by atoms with Crippen molar-refractivity contribution < 1.29 is 19.4 Å². The van der Waals surface area contributed by atoms with Gasteiger partial charge in [0.15, 0.2) is 0 Å². The van der Waals surface area contributed by atoms with Crippen LogP contribution in [-0.2, 0) is 9.53 Å². The van der Waals surface area contributed by atoms with Crippen LogP contribution in [0.5, 0.6) is 0 Å². The molecule has 1 saturated carbocycles. The molecule has 2 rings (SSSR count). The number of aliphatic hydroxyl groups is 1. The third-order valence-electron chi connectivity index (χ3n) is 3.83. The first-order chi connectivity index (χ1) is 9.76. The summed E-state index contributed by atoms with van der Waals surface area (Å²) >= 11 is 0. The zero-order valence-electron chi connectivity index (χ0n) is 13.1. The molecule has 2 N–H and O–H groups in total. The second kappa shape index (κ2) is 6.22. The number of carbonyl (C=O) groups excluding carboxylic acids is 2. The van der Waals surface area contributed by atoms with E-state index in [9.17, 15) is 14.7 Å². The summed E-state index contributed by atoms with van der Waals surface area (Å²) in [5, 5.41) is 12.9. The van der Waals surface area contributed by atoms with Gasteiger partial charge in [0.05, 0.1) is 0 Å². The Labute approximate surface area is 125 Å². The highest BCUT2D eigenvalue weighted by atomic mass is 16.6. The molecule has 2 amide bonds. The summed E-state index contributed by atoms with van der Waals surface area (Å²) in [6.45, 7) is 6.55. The lowest BCUT2D eigenvalue weighted by Gasteiger charge is -2.34. The molecule has 0 aromatic carbocycles. The van der Waals surface area contributed by atoms with E-state index in [1.165, 1.54) is 0 Å². The first-order valence-corrected chi connectivity index (χ1v) is 7.72. The predicted octanol–water partition coefficient (Wildman–Crippen LogP) is 1.27. The van der Waals surface area contributed by atoms with Crippen LogP contribution >= 0.6 is 0 Å². The van der Waals surface area contributed by atoms with Crippen LogP contribution in [0.4, 0.5) is 4.79 Å². The summed E-state index contributed by atoms with van der Waals surface area (Å²) in [6.07, 6.45) is 1.98. The number of rotatable bonds is 3. The summed E-state index contributed by atoms with van der Waals surface area (Å²) in [7, 11) is 0. The number of carbonyl (C=O) groups is 2. The lowest BCUT2D eigenvalue weighted by Crippen LogP contribution is -2.47. The summed E-state index contributed by atoms with van der Waals surface area (Å²) in [5.74, 6) is -0.351. The highest BCUT2D eigenvalue weighted by Gasteiger charge is 2.34. The number of nitrogens with one attached hydrogen (secondary N) is 1. The number of ether oxygens (including phenoxy) is 1. The van der Waals surface area contributed by atoms with E-state index in [-0.39, 0.29) is 24.0 Å². The van der Waals surface area contributed by atoms with Crippen LogP contribution < -0.4 is 5.32 Å². The van der Waals surface area contributed by atoms with Crippen LogP contribution in [0.15, 0.2) is 0 Å². The number of amides is 2. The van der Waals surface area contributed by atoms with Crippen molar-refractivity contribution in [3.63, 3.8) is 0 Å². The summed E-state index contributed by atoms with van der Waals surface area (Å²) < 4.78 is 5.33. The van der Waals surface area contributed by atoms with Crippen molar-refractivity contribution in [1.29, 1.82) is 0 Å². The molecule has 1 aliphatic carbocycles. The molecule has 2 aliphatic rings. The Morgan fingerprint density at radius 3 is 2.24 bits per heavy atom. The van der Waals surface area contributed by atoms with Crippen molar-refractivity contribution >= 4 is 12.0 Å². The van der Waals surface area contributed by atoms with E-state index in [0.29, 0.717) is 25.9 Å². The van der Waals surface area contributed by atoms with Crippen molar-refractivity contribution in [3.05, 3.63) is 0 Å². The van der Waals surface area contributed by atoms with Gasteiger partial charge in [0.2, 0.25) is 5.91 Å². The van der Waals surface area contributed by atoms with Crippen molar-refractivity contribution in [2.24, 2.45) is 5.92 Å². The molecule has 2 fully saturated rings. The van der Waals surface area contributed by atoms with Gasteiger partial charge in [0.25, 0.3) is 0 Å². The van der Waals surface area contributed by atoms with Gasteiger partial charge in [-0.25, -0.2) is 4.79 Å². The monoisotopic (exact) mass is 298 g/mol. The van der Waals surface area contributed by atoms with E-state index in [1.54, 1.807) is 4.90 Å². The Kier molecular flexibility index (Phi) is 4.76. The SMILES string of the molecule is CC(C)(C)OC(=O)N1CCC(C(O)C(=O)NC2CC2)CC1. The molecule has 120 valence electrons. The Bertz CT molecular complexity index is 393. The van der Waals surface area contributed by atoms with Crippen LogP contribution in [0.3, 0.4) is 0 Å². The minimum atomic E-state index is -0.966. The van der Waals surface area contributed by atoms with Crippen LogP contribution in [0.1, 0.15) is 46.5 Å². The van der Waals surface area contributed by atoms with Crippen molar-refractivity contribution in [2.75, 3.05) is 13.1 Å². The maximum Gasteiger partial charge on any atom is 0.410 e. The van der Waals surface area contributed by atoms with Crippen molar-refractivity contribution in [2.45, 2.75) is 64.2 Å². The average molecular weight is 298 g/mol. The van der Waals surface area contributed by atoms with E-state index in [1.807, 2.05) is 20.8 Å². The first kappa shape index (κ1) is 16.1. The first-order valence-electron chi connectivity index (χ1n) is 7.72. The predicted molar refractivity (Wildman–Crippen MR) is 77.7 cm³/mol. The number of hydrogen-bond acceptors (Lipinski definition) is 4. The van der Waals surface area contributed by atoms with Crippen LogP contribution in [0.25, 0.3) is 0 Å². The van der Waals surface area contributed by atoms with Gasteiger partial charge in [-0.1, -0.05) is 0 Å². The minimum Gasteiger partial charge on any atom is -0.444 e. The Morgan fingerprint density at radius 1 is 1.19 bits per heavy atom. The van der Waals surface area contributed by atoms with E-state index in [2.05, 4.69) is 5.32 Å². The van der Waals surface area contributed by atoms with Gasteiger partial charge in [-0.15, -0.1) is 0 Å². The Balaban J connectivity index is 1.76. The van der Waals surface area contributed by atoms with E-state index in [4.69, 9.17) is 4.74 Å². The second-order valence-corrected chi connectivity index (χ2v) is 7.03. The molecule has 0 bridgehead atoms. The number of likely N-dealkylation sites (tertiary alicyclic amines) is 1. The van der Waals surface area contributed by atoms with Crippen LogP contribution in [-0.4, -0.2) is 52.8 Å². The zero-order chi connectivity index (χ0) is 15.6. The van der Waals surface area contributed by atoms with Gasteiger partial charge in [0, 0.05) is 19.1 Å². The lowest BCUT2D eigenvalue weighted by atomic mass is 9.91. The van der Waals surface area contributed by atoms with Crippen LogP contribution in [0.2, 0.25) is 0 Å². The Morgan fingerprint density at radius 2 is 1.76 bits per heavy atom. The second-order valence-electron chi connectivity index (χ2n) is 7.03. The number of aliphatic hydroxyl groups excluding tert-OH is 1. The third kappa shape index (κ3) is 4.88. The fourth-order valence-corrected chi connectivity index (χ4v) is 2.45. The minimum absolute atomic E-state index is 0.0811. The number of nitrogens with zero attached hydrogens (tertiary/aromatic N) is 1. The third-order valence-corrected chi connectivity index (χ3v) is 3.83. The molecule has 0 spiro atoms. The van der Waals surface area contributed by atoms with Crippen molar-refractivity contribution in [1.82, 2.24) is 10.2 Å². The molecule has 1 unspecified atom stereocenters. The van der Waals surface area contributed by atoms with Gasteiger partial charge in [0.1, 0.15) is 11.7 Å². The van der Waals surface area contributed by atoms with Gasteiger partial charge >= 0.3 is 6.09 Å². The maximum absolute atomic E-state index is 11.9. The molecule has 0 aromatic heterocycles. The molecule has 1 atom stereocenters. The normalized spacial score (nSPS) is 21.8. The molecule has 0 aromatic rings. The largest absolute Gasteiger partial charge is 0.444 e. The topological polar surface area (TPSA) is 78.9 Å². The summed E-state index contributed by atoms with van der Waals surface area (Å²) in [6, 6.07) is 0.258. The van der Waals surface area contributed by atoms with Crippen molar-refractivity contribution in [3.8, 4) is 0 Å². The average Bonchev–Trinajstić information content (AvgIpc) is 3.20. The maximum atomic E-state index is 11.9. The fourth-order valence-electron chi connectivity index (χ4n) is 2.45. The molecule has 6 heteroatoms. The molecular formula is C15H26N2O4. The van der Waals surface area contributed by atoms with Gasteiger partial charge < -0.3 is 20.1 Å². The molecule has 1 heterocycles. The molecule has 1 saturated heterocycles. The smallest absolute Gasteiger partial charge is 0.410 e. The number of hydrogen-bond donors (Lipinski definition) is 2. The quantitative estimate of drug-likeness (QED) is 0.822. The summed E-state index contributed by atoms with van der Waals surface area (Å²) in [4.78, 5) is 25.4. The highest BCUT2D eigenvalue weighted by molar-refractivity contribution is 5.81. The van der Waals surface area contributed by atoms with E-state index >= 15 is 0 Å². The standard InChI is InChI=1S/C15H26N2O4/c1-15(2,3)21-14(20)17-8-6-10(7-9-17)12(18)13(19)16-11-4-5-11/h10-12,18H,4-9H2,1-3H3,(H,16,19). The lowest BCUT2D eigenvalue weighted by molar-refractivity contribution is -0.133. The van der Waals surface area contributed by atoms with E-state index in [0.717, 1.165) is 12.8 Å². The fraction of sp³-hybridized carbons (Fsp3) is 0.867. The van der Waals surface area contributed by atoms with E-state index < -0.39 is 11.7 Å². The Hall–Kier alpha value is -1.30. The molecular weight excluding hydrogens is 272 g/mol. The van der Waals surface area contributed by atoms with Crippen LogP contribution in [0, 0.1) is 5.92 Å².